The van der Waals surface area contributed by atoms with Crippen LogP contribution in [0.2, 0.25) is 5.02 Å². The molecule has 2 aromatic rings. The van der Waals surface area contributed by atoms with Gasteiger partial charge in [-0.1, -0.05) is 41.9 Å². The molecule has 0 spiro atoms. The zero-order valence-corrected chi connectivity index (χ0v) is 12.3. The molecular formula is C17H18ClNO. The third-order valence-corrected chi connectivity index (χ3v) is 4.38. The van der Waals surface area contributed by atoms with Gasteiger partial charge in [0.1, 0.15) is 5.75 Å². The SMILES string of the molecule is COc1cccc(CC2(c3ccccc3Cl)CNC2)c1. The first-order valence-corrected chi connectivity index (χ1v) is 7.20. The first kappa shape index (κ1) is 13.5. The lowest BCUT2D eigenvalue weighted by atomic mass is 9.71. The molecule has 1 aliphatic heterocycles. The molecule has 0 bridgehead atoms. The number of hydrogen-bond donors (Lipinski definition) is 1. The molecule has 20 heavy (non-hydrogen) atoms. The zero-order valence-electron chi connectivity index (χ0n) is 11.5. The summed E-state index contributed by atoms with van der Waals surface area (Å²) >= 11 is 6.39. The van der Waals surface area contributed by atoms with Gasteiger partial charge in [0, 0.05) is 23.5 Å². The van der Waals surface area contributed by atoms with E-state index >= 15 is 0 Å². The van der Waals surface area contributed by atoms with Crippen LogP contribution in [0.15, 0.2) is 48.5 Å². The minimum absolute atomic E-state index is 0.102. The molecule has 1 fully saturated rings. The highest BCUT2D eigenvalue weighted by Gasteiger charge is 2.40. The lowest BCUT2D eigenvalue weighted by Crippen LogP contribution is -2.58. The van der Waals surface area contributed by atoms with Crippen molar-refractivity contribution in [3.8, 4) is 5.75 Å². The van der Waals surface area contributed by atoms with Crippen LogP contribution in [-0.2, 0) is 11.8 Å². The van der Waals surface area contributed by atoms with Gasteiger partial charge in [0.15, 0.2) is 0 Å². The van der Waals surface area contributed by atoms with Crippen molar-refractivity contribution in [2.75, 3.05) is 20.2 Å². The highest BCUT2D eigenvalue weighted by atomic mass is 35.5. The average Bonchev–Trinajstić information content (AvgIpc) is 2.44. The monoisotopic (exact) mass is 287 g/mol. The summed E-state index contributed by atoms with van der Waals surface area (Å²) in [5, 5.41) is 4.24. The minimum Gasteiger partial charge on any atom is -0.497 e. The van der Waals surface area contributed by atoms with Crippen molar-refractivity contribution in [3.05, 3.63) is 64.7 Å². The Morgan fingerprint density at radius 2 is 1.95 bits per heavy atom. The molecular weight excluding hydrogens is 270 g/mol. The fourth-order valence-electron chi connectivity index (χ4n) is 2.90. The van der Waals surface area contributed by atoms with E-state index in [1.807, 2.05) is 24.3 Å². The van der Waals surface area contributed by atoms with E-state index in [2.05, 4.69) is 29.6 Å². The summed E-state index contributed by atoms with van der Waals surface area (Å²) in [6, 6.07) is 16.4. The predicted molar refractivity (Wildman–Crippen MR) is 82.7 cm³/mol. The predicted octanol–water partition coefficient (Wildman–Crippen LogP) is 3.43. The Bertz CT molecular complexity index is 607. The normalized spacial score (nSPS) is 16.5. The van der Waals surface area contributed by atoms with E-state index in [-0.39, 0.29) is 5.41 Å². The van der Waals surface area contributed by atoms with Crippen molar-refractivity contribution in [1.29, 1.82) is 0 Å². The van der Waals surface area contributed by atoms with Crippen LogP contribution < -0.4 is 10.1 Å². The lowest BCUT2D eigenvalue weighted by molar-refractivity contribution is 0.274. The van der Waals surface area contributed by atoms with Crippen LogP contribution in [0.5, 0.6) is 5.75 Å². The Morgan fingerprint density at radius 1 is 1.15 bits per heavy atom. The van der Waals surface area contributed by atoms with Crippen molar-refractivity contribution in [1.82, 2.24) is 5.32 Å². The molecule has 1 aliphatic rings. The summed E-state index contributed by atoms with van der Waals surface area (Å²) in [4.78, 5) is 0. The van der Waals surface area contributed by atoms with E-state index in [0.29, 0.717) is 0 Å². The van der Waals surface area contributed by atoms with Crippen molar-refractivity contribution in [3.63, 3.8) is 0 Å². The van der Waals surface area contributed by atoms with Crippen LogP contribution in [0.25, 0.3) is 0 Å². The van der Waals surface area contributed by atoms with Gasteiger partial charge in [-0.2, -0.15) is 0 Å². The summed E-state index contributed by atoms with van der Waals surface area (Å²) in [5.74, 6) is 0.907. The van der Waals surface area contributed by atoms with E-state index in [9.17, 15) is 0 Å². The Morgan fingerprint density at radius 3 is 2.60 bits per heavy atom. The molecule has 0 atom stereocenters. The Labute approximate surface area is 124 Å². The van der Waals surface area contributed by atoms with E-state index in [1.54, 1.807) is 7.11 Å². The molecule has 0 aromatic heterocycles. The van der Waals surface area contributed by atoms with Crippen molar-refractivity contribution in [2.45, 2.75) is 11.8 Å². The third-order valence-electron chi connectivity index (χ3n) is 4.05. The van der Waals surface area contributed by atoms with Crippen LogP contribution in [-0.4, -0.2) is 20.2 Å². The van der Waals surface area contributed by atoms with Gasteiger partial charge in [-0.15, -0.1) is 0 Å². The maximum absolute atomic E-state index is 6.39. The van der Waals surface area contributed by atoms with Gasteiger partial charge in [0.05, 0.1) is 7.11 Å². The molecule has 0 unspecified atom stereocenters. The number of methoxy groups -OCH3 is 1. The first-order chi connectivity index (χ1) is 9.73. The van der Waals surface area contributed by atoms with E-state index < -0.39 is 0 Å². The van der Waals surface area contributed by atoms with E-state index in [1.165, 1.54) is 11.1 Å². The number of halogens is 1. The third kappa shape index (κ3) is 2.41. The highest BCUT2D eigenvalue weighted by molar-refractivity contribution is 6.31. The van der Waals surface area contributed by atoms with Crippen LogP contribution in [0, 0.1) is 0 Å². The molecule has 1 saturated heterocycles. The maximum Gasteiger partial charge on any atom is 0.119 e. The van der Waals surface area contributed by atoms with Gasteiger partial charge < -0.3 is 10.1 Å². The van der Waals surface area contributed by atoms with Crippen LogP contribution in [0.1, 0.15) is 11.1 Å². The fourth-order valence-corrected chi connectivity index (χ4v) is 3.24. The number of nitrogens with one attached hydrogen (secondary N) is 1. The Hall–Kier alpha value is -1.51. The second kappa shape index (κ2) is 5.47. The molecule has 0 radical (unpaired) electrons. The molecule has 104 valence electrons. The Balaban J connectivity index is 1.92. The number of hydrogen-bond acceptors (Lipinski definition) is 2. The molecule has 2 nitrogen and oxygen atoms in total. The standard InChI is InChI=1S/C17H18ClNO/c1-20-14-6-4-5-13(9-14)10-17(11-19-12-17)15-7-2-3-8-16(15)18/h2-9,19H,10-12H2,1H3. The fraction of sp³-hybridized carbons (Fsp3) is 0.294. The number of rotatable bonds is 4. The summed E-state index contributed by atoms with van der Waals surface area (Å²) in [6.45, 7) is 1.93. The topological polar surface area (TPSA) is 21.3 Å². The quantitative estimate of drug-likeness (QED) is 0.930. The molecule has 0 saturated carbocycles. The molecule has 0 amide bonds. The van der Waals surface area contributed by atoms with Crippen LogP contribution >= 0.6 is 11.6 Å². The average molecular weight is 288 g/mol. The van der Waals surface area contributed by atoms with Gasteiger partial charge in [-0.05, 0) is 35.7 Å². The van der Waals surface area contributed by atoms with Gasteiger partial charge in [0.25, 0.3) is 0 Å². The van der Waals surface area contributed by atoms with Crippen LogP contribution in [0.4, 0.5) is 0 Å². The van der Waals surface area contributed by atoms with E-state index in [0.717, 1.165) is 30.3 Å². The van der Waals surface area contributed by atoms with Gasteiger partial charge >= 0.3 is 0 Å². The molecule has 2 aromatic carbocycles. The molecule has 3 rings (SSSR count). The summed E-state index contributed by atoms with van der Waals surface area (Å²) < 4.78 is 5.31. The lowest BCUT2D eigenvalue weighted by Gasteiger charge is -2.44. The van der Waals surface area contributed by atoms with Crippen molar-refractivity contribution < 1.29 is 4.74 Å². The molecule has 1 heterocycles. The van der Waals surface area contributed by atoms with Gasteiger partial charge in [-0.25, -0.2) is 0 Å². The van der Waals surface area contributed by atoms with Crippen LogP contribution in [0.3, 0.4) is 0 Å². The van der Waals surface area contributed by atoms with Gasteiger partial charge in [-0.3, -0.25) is 0 Å². The minimum atomic E-state index is 0.102. The highest BCUT2D eigenvalue weighted by Crippen LogP contribution is 2.37. The second-order valence-electron chi connectivity index (χ2n) is 5.39. The smallest absolute Gasteiger partial charge is 0.119 e. The van der Waals surface area contributed by atoms with Gasteiger partial charge in [0.2, 0.25) is 0 Å². The van der Waals surface area contributed by atoms with Crippen molar-refractivity contribution >= 4 is 11.6 Å². The number of benzene rings is 2. The molecule has 3 heteroatoms. The van der Waals surface area contributed by atoms with Crippen molar-refractivity contribution in [2.24, 2.45) is 0 Å². The summed E-state index contributed by atoms with van der Waals surface area (Å²) in [6.07, 6.45) is 0.973. The summed E-state index contributed by atoms with van der Waals surface area (Å²) in [7, 11) is 1.70. The molecule has 0 aliphatic carbocycles. The number of ether oxygens (including phenoxy) is 1. The van der Waals surface area contributed by atoms with E-state index in [4.69, 9.17) is 16.3 Å². The Kier molecular flexibility index (Phi) is 3.68. The zero-order chi connectivity index (χ0) is 14.0. The second-order valence-corrected chi connectivity index (χ2v) is 5.80. The first-order valence-electron chi connectivity index (χ1n) is 6.82. The molecule has 1 N–H and O–H groups in total. The maximum atomic E-state index is 6.39. The largest absolute Gasteiger partial charge is 0.497 e. The summed E-state index contributed by atoms with van der Waals surface area (Å²) in [5.41, 5.74) is 2.62.